The zero-order valence-corrected chi connectivity index (χ0v) is 13.1. The smallest absolute Gasteiger partial charge is 0.309 e. The van der Waals surface area contributed by atoms with Crippen LogP contribution in [-0.4, -0.2) is 30.1 Å². The first-order valence-corrected chi connectivity index (χ1v) is 6.99. The number of carboxylic acid groups (broad SMARTS) is 1. The zero-order chi connectivity index (χ0) is 15.2. The van der Waals surface area contributed by atoms with Gasteiger partial charge in [-0.15, -0.1) is 0 Å². The standard InChI is InChI=1S/C14H18BrNO4/c1-14(2,13(18)19)7-8-16-12(17)9-20-11-5-3-10(15)4-6-11/h3-6H,7-9H2,1-2H3,(H,16,17)(H,18,19). The highest BCUT2D eigenvalue weighted by molar-refractivity contribution is 9.10. The lowest BCUT2D eigenvalue weighted by atomic mass is 9.90. The summed E-state index contributed by atoms with van der Waals surface area (Å²) < 4.78 is 6.24. The summed E-state index contributed by atoms with van der Waals surface area (Å²) in [4.78, 5) is 22.4. The van der Waals surface area contributed by atoms with E-state index < -0.39 is 11.4 Å². The maximum atomic E-state index is 11.5. The molecule has 1 aromatic carbocycles. The molecule has 1 rings (SSSR count). The van der Waals surface area contributed by atoms with Crippen molar-refractivity contribution >= 4 is 27.8 Å². The van der Waals surface area contributed by atoms with Crippen LogP contribution in [0, 0.1) is 5.41 Å². The summed E-state index contributed by atoms with van der Waals surface area (Å²) in [7, 11) is 0. The minimum atomic E-state index is -0.877. The van der Waals surface area contributed by atoms with Crippen molar-refractivity contribution in [1.29, 1.82) is 0 Å². The lowest BCUT2D eigenvalue weighted by molar-refractivity contribution is -0.147. The van der Waals surface area contributed by atoms with Gasteiger partial charge in [0.25, 0.3) is 5.91 Å². The molecule has 0 aliphatic rings. The second-order valence-corrected chi connectivity index (χ2v) is 5.95. The number of rotatable bonds is 7. The lowest BCUT2D eigenvalue weighted by Gasteiger charge is -2.18. The molecule has 110 valence electrons. The Hall–Kier alpha value is -1.56. The van der Waals surface area contributed by atoms with Crippen LogP contribution in [0.5, 0.6) is 5.75 Å². The molecule has 20 heavy (non-hydrogen) atoms. The number of hydrogen-bond donors (Lipinski definition) is 2. The van der Waals surface area contributed by atoms with Gasteiger partial charge >= 0.3 is 5.97 Å². The first kappa shape index (κ1) is 16.5. The number of halogens is 1. The molecule has 0 bridgehead atoms. The van der Waals surface area contributed by atoms with Gasteiger partial charge in [-0.25, -0.2) is 0 Å². The topological polar surface area (TPSA) is 75.6 Å². The molecule has 2 N–H and O–H groups in total. The van der Waals surface area contributed by atoms with Crippen molar-refractivity contribution in [3.63, 3.8) is 0 Å². The normalized spacial score (nSPS) is 10.9. The van der Waals surface area contributed by atoms with Crippen LogP contribution in [0.1, 0.15) is 20.3 Å². The molecule has 0 heterocycles. The molecule has 0 unspecified atom stereocenters. The van der Waals surface area contributed by atoms with Crippen LogP contribution in [-0.2, 0) is 9.59 Å². The van der Waals surface area contributed by atoms with E-state index in [1.54, 1.807) is 26.0 Å². The Bertz CT molecular complexity index is 471. The maximum absolute atomic E-state index is 11.5. The molecule has 0 saturated heterocycles. The lowest BCUT2D eigenvalue weighted by Crippen LogP contribution is -2.34. The summed E-state index contributed by atoms with van der Waals surface area (Å²) in [5.41, 5.74) is -0.847. The Morgan fingerprint density at radius 3 is 2.45 bits per heavy atom. The van der Waals surface area contributed by atoms with Crippen LogP contribution >= 0.6 is 15.9 Å². The van der Waals surface area contributed by atoms with Gasteiger partial charge in [-0.1, -0.05) is 15.9 Å². The van der Waals surface area contributed by atoms with Crippen molar-refractivity contribution in [1.82, 2.24) is 5.32 Å². The fraction of sp³-hybridized carbons (Fsp3) is 0.429. The first-order valence-electron chi connectivity index (χ1n) is 6.20. The van der Waals surface area contributed by atoms with Gasteiger partial charge in [0.2, 0.25) is 0 Å². The SMILES string of the molecule is CC(C)(CCNC(=O)COc1ccc(Br)cc1)C(=O)O. The van der Waals surface area contributed by atoms with Gasteiger partial charge in [-0.3, -0.25) is 9.59 Å². The van der Waals surface area contributed by atoms with Crippen LogP contribution in [0.25, 0.3) is 0 Å². The number of amides is 1. The number of ether oxygens (including phenoxy) is 1. The van der Waals surface area contributed by atoms with Crippen molar-refractivity contribution in [2.24, 2.45) is 5.41 Å². The highest BCUT2D eigenvalue weighted by atomic mass is 79.9. The van der Waals surface area contributed by atoms with Crippen LogP contribution in [0.2, 0.25) is 0 Å². The number of carbonyl (C=O) groups excluding carboxylic acids is 1. The maximum Gasteiger partial charge on any atom is 0.309 e. The molecule has 1 aromatic rings. The largest absolute Gasteiger partial charge is 0.484 e. The Morgan fingerprint density at radius 1 is 1.30 bits per heavy atom. The van der Waals surface area contributed by atoms with Crippen molar-refractivity contribution in [3.8, 4) is 5.75 Å². The minimum Gasteiger partial charge on any atom is -0.484 e. The second kappa shape index (κ2) is 7.28. The average Bonchev–Trinajstić information content (AvgIpc) is 2.37. The number of hydrogen-bond acceptors (Lipinski definition) is 3. The molecular weight excluding hydrogens is 326 g/mol. The molecule has 0 saturated carbocycles. The van der Waals surface area contributed by atoms with Gasteiger partial charge in [0, 0.05) is 11.0 Å². The average molecular weight is 344 g/mol. The van der Waals surface area contributed by atoms with E-state index in [1.807, 2.05) is 12.1 Å². The van der Waals surface area contributed by atoms with Crippen molar-refractivity contribution in [2.75, 3.05) is 13.2 Å². The summed E-state index contributed by atoms with van der Waals surface area (Å²) in [5, 5.41) is 11.6. The van der Waals surface area contributed by atoms with Crippen molar-refractivity contribution < 1.29 is 19.4 Å². The van der Waals surface area contributed by atoms with Gasteiger partial charge < -0.3 is 15.2 Å². The summed E-state index contributed by atoms with van der Waals surface area (Å²) in [6, 6.07) is 7.15. The molecule has 1 amide bonds. The van der Waals surface area contributed by atoms with Gasteiger partial charge in [0.1, 0.15) is 5.75 Å². The van der Waals surface area contributed by atoms with E-state index >= 15 is 0 Å². The minimum absolute atomic E-state index is 0.0882. The van der Waals surface area contributed by atoms with Crippen molar-refractivity contribution in [3.05, 3.63) is 28.7 Å². The summed E-state index contributed by atoms with van der Waals surface area (Å²) in [5.74, 6) is -0.541. The monoisotopic (exact) mass is 343 g/mol. The molecule has 0 aliphatic heterocycles. The van der Waals surface area contributed by atoms with E-state index in [-0.39, 0.29) is 12.5 Å². The molecule has 0 spiro atoms. The highest BCUT2D eigenvalue weighted by Gasteiger charge is 2.26. The van der Waals surface area contributed by atoms with E-state index in [1.165, 1.54) is 0 Å². The highest BCUT2D eigenvalue weighted by Crippen LogP contribution is 2.19. The van der Waals surface area contributed by atoms with E-state index in [0.717, 1.165) is 4.47 Å². The third-order valence-corrected chi connectivity index (χ3v) is 3.36. The van der Waals surface area contributed by atoms with Gasteiger partial charge in [0.15, 0.2) is 6.61 Å². The van der Waals surface area contributed by atoms with E-state index in [0.29, 0.717) is 18.7 Å². The number of benzene rings is 1. The predicted octanol–water partition coefficient (Wildman–Crippen LogP) is 2.45. The van der Waals surface area contributed by atoms with E-state index in [2.05, 4.69) is 21.2 Å². The van der Waals surface area contributed by atoms with E-state index in [4.69, 9.17) is 9.84 Å². The fourth-order valence-electron chi connectivity index (χ4n) is 1.35. The number of carbonyl (C=O) groups is 2. The van der Waals surface area contributed by atoms with Gasteiger partial charge in [-0.2, -0.15) is 0 Å². The molecule has 0 aromatic heterocycles. The van der Waals surface area contributed by atoms with Crippen LogP contribution in [0.4, 0.5) is 0 Å². The van der Waals surface area contributed by atoms with Crippen LogP contribution in [0.3, 0.4) is 0 Å². The summed E-state index contributed by atoms with van der Waals surface area (Å²) in [6.07, 6.45) is 0.367. The summed E-state index contributed by atoms with van der Waals surface area (Å²) >= 11 is 3.31. The Morgan fingerprint density at radius 2 is 1.90 bits per heavy atom. The number of aliphatic carboxylic acids is 1. The molecule has 0 fully saturated rings. The molecule has 0 radical (unpaired) electrons. The Kier molecular flexibility index (Phi) is 6.01. The van der Waals surface area contributed by atoms with Gasteiger partial charge in [0.05, 0.1) is 5.41 Å². The number of nitrogens with one attached hydrogen (secondary N) is 1. The number of carboxylic acids is 1. The Balaban J connectivity index is 2.27. The fourth-order valence-corrected chi connectivity index (χ4v) is 1.62. The molecule has 0 atom stereocenters. The third-order valence-electron chi connectivity index (χ3n) is 2.83. The van der Waals surface area contributed by atoms with Crippen molar-refractivity contribution in [2.45, 2.75) is 20.3 Å². The molecule has 6 heteroatoms. The molecule has 5 nitrogen and oxygen atoms in total. The van der Waals surface area contributed by atoms with Gasteiger partial charge in [-0.05, 0) is 44.5 Å². The Labute approximate surface area is 126 Å². The van der Waals surface area contributed by atoms with E-state index in [9.17, 15) is 9.59 Å². The van der Waals surface area contributed by atoms with Crippen LogP contribution < -0.4 is 10.1 Å². The molecule has 0 aliphatic carbocycles. The molecular formula is C14H18BrNO4. The quantitative estimate of drug-likeness (QED) is 0.797. The zero-order valence-electron chi connectivity index (χ0n) is 11.5. The predicted molar refractivity (Wildman–Crippen MR) is 78.7 cm³/mol. The van der Waals surface area contributed by atoms with Crippen LogP contribution in [0.15, 0.2) is 28.7 Å². The third kappa shape index (κ3) is 5.61. The summed E-state index contributed by atoms with van der Waals surface area (Å²) in [6.45, 7) is 3.47. The first-order chi connectivity index (χ1) is 9.31. The second-order valence-electron chi connectivity index (χ2n) is 5.03.